The van der Waals surface area contributed by atoms with E-state index in [4.69, 9.17) is 29.6 Å². The Morgan fingerprint density at radius 2 is 2.00 bits per heavy atom. The van der Waals surface area contributed by atoms with Crippen molar-refractivity contribution in [2.24, 2.45) is 5.73 Å². The molecule has 19 heavy (non-hydrogen) atoms. The standard InChI is InChI=1S/C14H20ClN3S/c1-9-4-3-5-10(2)18(9)17-13-7-6-11(15)8-12(13)14(16)19/h6-10,17H,3-5H2,1-2H3,(H2,16,19). The third kappa shape index (κ3) is 3.38. The van der Waals surface area contributed by atoms with Crippen molar-refractivity contribution >= 4 is 34.5 Å². The van der Waals surface area contributed by atoms with Crippen molar-refractivity contribution < 1.29 is 0 Å². The molecule has 1 aromatic carbocycles. The summed E-state index contributed by atoms with van der Waals surface area (Å²) in [6.45, 7) is 4.47. The smallest absolute Gasteiger partial charge is 0.106 e. The first-order valence-electron chi connectivity index (χ1n) is 6.63. The number of nitrogens with one attached hydrogen (secondary N) is 1. The number of anilines is 1. The zero-order valence-corrected chi connectivity index (χ0v) is 12.9. The normalized spacial score (nSPS) is 24.2. The number of halogens is 1. The highest BCUT2D eigenvalue weighted by molar-refractivity contribution is 7.80. The molecule has 5 heteroatoms. The van der Waals surface area contributed by atoms with E-state index in [2.05, 4.69) is 24.3 Å². The monoisotopic (exact) mass is 297 g/mol. The van der Waals surface area contributed by atoms with Gasteiger partial charge in [0.15, 0.2) is 0 Å². The van der Waals surface area contributed by atoms with Crippen LogP contribution in [0, 0.1) is 0 Å². The van der Waals surface area contributed by atoms with Gasteiger partial charge in [-0.05, 0) is 44.9 Å². The molecule has 2 unspecified atom stereocenters. The van der Waals surface area contributed by atoms with E-state index in [1.807, 2.05) is 18.2 Å². The van der Waals surface area contributed by atoms with E-state index in [9.17, 15) is 0 Å². The zero-order valence-electron chi connectivity index (χ0n) is 11.3. The van der Waals surface area contributed by atoms with Gasteiger partial charge < -0.3 is 11.2 Å². The van der Waals surface area contributed by atoms with E-state index in [0.29, 0.717) is 22.1 Å². The molecule has 1 heterocycles. The van der Waals surface area contributed by atoms with Gasteiger partial charge in [0.25, 0.3) is 0 Å². The molecule has 1 aliphatic heterocycles. The number of nitrogens with two attached hydrogens (primary N) is 1. The van der Waals surface area contributed by atoms with Crippen LogP contribution in [0.5, 0.6) is 0 Å². The lowest BCUT2D eigenvalue weighted by Crippen LogP contribution is -2.47. The van der Waals surface area contributed by atoms with Crippen LogP contribution in [0.15, 0.2) is 18.2 Å². The van der Waals surface area contributed by atoms with E-state index >= 15 is 0 Å². The van der Waals surface area contributed by atoms with Crippen molar-refractivity contribution in [1.82, 2.24) is 5.01 Å². The highest BCUT2D eigenvalue weighted by Crippen LogP contribution is 2.26. The van der Waals surface area contributed by atoms with E-state index in [-0.39, 0.29) is 0 Å². The van der Waals surface area contributed by atoms with Gasteiger partial charge in [0.05, 0.1) is 5.69 Å². The van der Waals surface area contributed by atoms with Gasteiger partial charge in [0, 0.05) is 22.7 Å². The number of hydrogen-bond donors (Lipinski definition) is 2. The molecule has 104 valence electrons. The summed E-state index contributed by atoms with van der Waals surface area (Å²) >= 11 is 11.1. The number of piperidine rings is 1. The summed E-state index contributed by atoms with van der Waals surface area (Å²) < 4.78 is 0. The third-order valence-corrected chi connectivity index (χ3v) is 4.15. The molecule has 0 amide bonds. The average Bonchev–Trinajstić information content (AvgIpc) is 2.35. The topological polar surface area (TPSA) is 41.3 Å². The summed E-state index contributed by atoms with van der Waals surface area (Å²) in [7, 11) is 0. The molecule has 0 radical (unpaired) electrons. The van der Waals surface area contributed by atoms with Crippen molar-refractivity contribution in [2.45, 2.75) is 45.2 Å². The fraction of sp³-hybridized carbons (Fsp3) is 0.500. The van der Waals surface area contributed by atoms with Crippen LogP contribution >= 0.6 is 23.8 Å². The largest absolute Gasteiger partial charge is 0.389 e. The Kier molecular flexibility index (Phi) is 4.66. The zero-order chi connectivity index (χ0) is 14.0. The van der Waals surface area contributed by atoms with Crippen LogP contribution in [0.25, 0.3) is 0 Å². The van der Waals surface area contributed by atoms with Gasteiger partial charge in [0.1, 0.15) is 4.99 Å². The molecule has 2 atom stereocenters. The van der Waals surface area contributed by atoms with Crippen molar-refractivity contribution in [3.8, 4) is 0 Å². The van der Waals surface area contributed by atoms with Crippen LogP contribution in [-0.4, -0.2) is 22.1 Å². The highest BCUT2D eigenvalue weighted by Gasteiger charge is 2.25. The molecule has 1 aliphatic rings. The molecule has 2 rings (SSSR count). The van der Waals surface area contributed by atoms with E-state index < -0.39 is 0 Å². The second kappa shape index (κ2) is 6.07. The molecule has 1 saturated heterocycles. The Morgan fingerprint density at radius 1 is 1.37 bits per heavy atom. The molecular weight excluding hydrogens is 278 g/mol. The number of benzene rings is 1. The summed E-state index contributed by atoms with van der Waals surface area (Å²) in [5.74, 6) is 0. The van der Waals surface area contributed by atoms with Crippen LogP contribution in [0.3, 0.4) is 0 Å². The highest BCUT2D eigenvalue weighted by atomic mass is 35.5. The first-order valence-corrected chi connectivity index (χ1v) is 7.42. The predicted octanol–water partition coefficient (Wildman–Crippen LogP) is 3.56. The molecule has 0 spiro atoms. The second-order valence-electron chi connectivity index (χ2n) is 5.20. The Morgan fingerprint density at radius 3 is 2.58 bits per heavy atom. The van der Waals surface area contributed by atoms with E-state index in [1.165, 1.54) is 19.3 Å². The quantitative estimate of drug-likeness (QED) is 0.837. The van der Waals surface area contributed by atoms with Crippen LogP contribution in [0.1, 0.15) is 38.7 Å². The lowest BCUT2D eigenvalue weighted by molar-refractivity contribution is 0.136. The first-order chi connectivity index (χ1) is 8.99. The van der Waals surface area contributed by atoms with Crippen LogP contribution in [0.4, 0.5) is 5.69 Å². The van der Waals surface area contributed by atoms with Gasteiger partial charge in [0.2, 0.25) is 0 Å². The summed E-state index contributed by atoms with van der Waals surface area (Å²) in [6, 6.07) is 6.60. The van der Waals surface area contributed by atoms with Crippen LogP contribution in [0.2, 0.25) is 5.02 Å². The number of thiocarbonyl (C=S) groups is 1. The maximum atomic E-state index is 6.00. The maximum Gasteiger partial charge on any atom is 0.106 e. The van der Waals surface area contributed by atoms with Crippen molar-refractivity contribution in [3.63, 3.8) is 0 Å². The van der Waals surface area contributed by atoms with E-state index in [1.54, 1.807) is 0 Å². The number of hydrogen-bond acceptors (Lipinski definition) is 3. The van der Waals surface area contributed by atoms with Crippen molar-refractivity contribution in [1.29, 1.82) is 0 Å². The minimum Gasteiger partial charge on any atom is -0.389 e. The summed E-state index contributed by atoms with van der Waals surface area (Å²) in [4.78, 5) is 0.363. The van der Waals surface area contributed by atoms with Gasteiger partial charge in [-0.2, -0.15) is 0 Å². The molecule has 0 aliphatic carbocycles. The van der Waals surface area contributed by atoms with Crippen molar-refractivity contribution in [3.05, 3.63) is 28.8 Å². The van der Waals surface area contributed by atoms with Crippen molar-refractivity contribution in [2.75, 3.05) is 5.43 Å². The fourth-order valence-electron chi connectivity index (χ4n) is 2.60. The fourth-order valence-corrected chi connectivity index (χ4v) is 2.94. The number of hydrazine groups is 1. The van der Waals surface area contributed by atoms with Gasteiger partial charge in [-0.25, -0.2) is 5.01 Å². The van der Waals surface area contributed by atoms with Gasteiger partial charge in [-0.3, -0.25) is 0 Å². The SMILES string of the molecule is CC1CCCC(C)N1Nc1ccc(Cl)cc1C(N)=S. The van der Waals surface area contributed by atoms with Gasteiger partial charge in [-0.15, -0.1) is 0 Å². The molecular formula is C14H20ClN3S. The Bertz CT molecular complexity index is 468. The second-order valence-corrected chi connectivity index (χ2v) is 6.08. The lowest BCUT2D eigenvalue weighted by atomic mass is 10.00. The molecule has 0 bridgehead atoms. The summed E-state index contributed by atoms with van der Waals surface area (Å²) in [5.41, 5.74) is 11.0. The van der Waals surface area contributed by atoms with Crippen LogP contribution in [-0.2, 0) is 0 Å². The van der Waals surface area contributed by atoms with Gasteiger partial charge in [-0.1, -0.05) is 30.2 Å². The average molecular weight is 298 g/mol. The lowest BCUT2D eigenvalue weighted by Gasteiger charge is -2.39. The summed E-state index contributed by atoms with van der Waals surface area (Å²) in [6.07, 6.45) is 3.68. The first kappa shape index (κ1) is 14.6. The van der Waals surface area contributed by atoms with Gasteiger partial charge >= 0.3 is 0 Å². The molecule has 3 nitrogen and oxygen atoms in total. The molecule has 0 saturated carbocycles. The number of rotatable bonds is 3. The predicted molar refractivity (Wildman–Crippen MR) is 85.6 cm³/mol. The summed E-state index contributed by atoms with van der Waals surface area (Å²) in [5, 5.41) is 2.93. The van der Waals surface area contributed by atoms with Crippen LogP contribution < -0.4 is 11.2 Å². The Labute approximate surface area is 125 Å². The third-order valence-electron chi connectivity index (χ3n) is 3.69. The molecule has 0 aromatic heterocycles. The Hall–Kier alpha value is -0.840. The molecule has 1 fully saturated rings. The minimum absolute atomic E-state index is 0.363. The molecule has 3 N–H and O–H groups in total. The van der Waals surface area contributed by atoms with E-state index in [0.717, 1.165) is 11.3 Å². The Balaban J connectivity index is 2.24. The minimum atomic E-state index is 0.363. The molecule has 1 aromatic rings. The maximum absolute atomic E-state index is 6.00. The number of nitrogens with zero attached hydrogens (tertiary/aromatic N) is 1.